The van der Waals surface area contributed by atoms with Crippen LogP contribution >= 0.6 is 0 Å². The fourth-order valence-corrected chi connectivity index (χ4v) is 4.63. The maximum atomic E-state index is 11.5. The van der Waals surface area contributed by atoms with Crippen molar-refractivity contribution in [2.75, 3.05) is 26.3 Å². The van der Waals surface area contributed by atoms with E-state index in [0.29, 0.717) is 26.1 Å². The van der Waals surface area contributed by atoms with Gasteiger partial charge in [0, 0.05) is 0 Å². The van der Waals surface area contributed by atoms with Gasteiger partial charge in [-0.1, -0.05) is 42.5 Å². The molecule has 0 spiro atoms. The standard InChI is InChI=1S/C27H31NO4/c1-3-31-24-12-11-23(18-25(24)32-4-2)26(28-15-13-20(14-16-28)27(29)30)22-10-9-19-7-5-6-8-21(19)17-22/h5-12,17-18,20,26H,3-4,13-16H2,1-2H3,(H,29,30). The van der Waals surface area contributed by atoms with Crippen LogP contribution in [0.5, 0.6) is 11.5 Å². The smallest absolute Gasteiger partial charge is 0.306 e. The number of carboxylic acids is 1. The van der Waals surface area contributed by atoms with E-state index in [9.17, 15) is 9.90 Å². The highest BCUT2D eigenvalue weighted by atomic mass is 16.5. The highest BCUT2D eigenvalue weighted by molar-refractivity contribution is 5.83. The SMILES string of the molecule is CCOc1ccc(C(c2ccc3ccccc3c2)N2CCC(C(=O)O)CC2)cc1OCC. The second kappa shape index (κ2) is 10.0. The summed E-state index contributed by atoms with van der Waals surface area (Å²) in [5.74, 6) is 0.549. The maximum absolute atomic E-state index is 11.5. The molecular weight excluding hydrogens is 402 g/mol. The number of ether oxygens (including phenoxy) is 2. The Morgan fingerprint density at radius 1 is 0.906 bits per heavy atom. The van der Waals surface area contributed by atoms with Crippen LogP contribution in [0, 0.1) is 5.92 Å². The minimum absolute atomic E-state index is 0.0178. The minimum atomic E-state index is -0.688. The Labute approximate surface area is 189 Å². The first kappa shape index (κ1) is 22.2. The predicted octanol–water partition coefficient (Wildman–Crippen LogP) is 5.52. The Kier molecular flexibility index (Phi) is 6.96. The number of hydrogen-bond acceptors (Lipinski definition) is 4. The van der Waals surface area contributed by atoms with Crippen LogP contribution in [0.15, 0.2) is 60.7 Å². The molecule has 3 aromatic rings. The number of carbonyl (C=O) groups is 1. The number of benzene rings is 3. The van der Waals surface area contributed by atoms with Crippen LogP contribution in [-0.2, 0) is 4.79 Å². The van der Waals surface area contributed by atoms with Gasteiger partial charge in [-0.15, -0.1) is 0 Å². The van der Waals surface area contributed by atoms with Crippen molar-refractivity contribution in [3.05, 3.63) is 71.8 Å². The average Bonchev–Trinajstić information content (AvgIpc) is 2.81. The van der Waals surface area contributed by atoms with Gasteiger partial charge in [-0.05, 0) is 79.9 Å². The van der Waals surface area contributed by atoms with Gasteiger partial charge in [0.15, 0.2) is 11.5 Å². The molecule has 5 nitrogen and oxygen atoms in total. The quantitative estimate of drug-likeness (QED) is 0.507. The van der Waals surface area contributed by atoms with Crippen LogP contribution in [0.2, 0.25) is 0 Å². The lowest BCUT2D eigenvalue weighted by molar-refractivity contribution is -0.143. The fourth-order valence-electron chi connectivity index (χ4n) is 4.63. The molecule has 1 heterocycles. The number of carboxylic acid groups (broad SMARTS) is 1. The Morgan fingerprint density at radius 3 is 2.22 bits per heavy atom. The van der Waals surface area contributed by atoms with E-state index in [1.807, 2.05) is 19.9 Å². The first-order valence-corrected chi connectivity index (χ1v) is 11.5. The zero-order chi connectivity index (χ0) is 22.5. The Hall–Kier alpha value is -3.05. The number of fused-ring (bicyclic) bond motifs is 1. The van der Waals surface area contributed by atoms with Crippen LogP contribution in [0.4, 0.5) is 0 Å². The Morgan fingerprint density at radius 2 is 1.53 bits per heavy atom. The lowest BCUT2D eigenvalue weighted by Gasteiger charge is -2.37. The van der Waals surface area contributed by atoms with Crippen molar-refractivity contribution in [3.63, 3.8) is 0 Å². The third-order valence-electron chi connectivity index (χ3n) is 6.22. The largest absolute Gasteiger partial charge is 0.490 e. The molecule has 0 bridgehead atoms. The molecule has 0 aromatic heterocycles. The Balaban J connectivity index is 1.75. The van der Waals surface area contributed by atoms with Crippen LogP contribution in [0.25, 0.3) is 10.8 Å². The first-order chi connectivity index (χ1) is 15.6. The molecule has 5 heteroatoms. The molecule has 32 heavy (non-hydrogen) atoms. The predicted molar refractivity (Wildman–Crippen MR) is 127 cm³/mol. The van der Waals surface area contributed by atoms with Gasteiger partial charge in [0.05, 0.1) is 25.2 Å². The van der Waals surface area contributed by atoms with E-state index >= 15 is 0 Å². The monoisotopic (exact) mass is 433 g/mol. The molecule has 0 saturated carbocycles. The molecule has 1 unspecified atom stereocenters. The summed E-state index contributed by atoms with van der Waals surface area (Å²) in [5, 5.41) is 11.9. The van der Waals surface area contributed by atoms with Crippen molar-refractivity contribution < 1.29 is 19.4 Å². The molecule has 1 fully saturated rings. The summed E-state index contributed by atoms with van der Waals surface area (Å²) in [6, 6.07) is 21.2. The summed E-state index contributed by atoms with van der Waals surface area (Å²) in [4.78, 5) is 13.9. The summed E-state index contributed by atoms with van der Waals surface area (Å²) in [6.45, 7) is 6.57. The Bertz CT molecular complexity index is 1070. The summed E-state index contributed by atoms with van der Waals surface area (Å²) >= 11 is 0. The number of likely N-dealkylation sites (tertiary alicyclic amines) is 1. The van der Waals surface area contributed by atoms with Crippen molar-refractivity contribution in [1.82, 2.24) is 4.90 Å². The lowest BCUT2D eigenvalue weighted by atomic mass is 9.90. The van der Waals surface area contributed by atoms with Gasteiger partial charge in [-0.25, -0.2) is 0 Å². The number of rotatable bonds is 8. The summed E-state index contributed by atoms with van der Waals surface area (Å²) in [6.07, 6.45) is 1.32. The third kappa shape index (κ3) is 4.73. The normalized spacial score (nSPS) is 16.1. The van der Waals surface area contributed by atoms with E-state index in [4.69, 9.17) is 9.47 Å². The third-order valence-corrected chi connectivity index (χ3v) is 6.22. The van der Waals surface area contributed by atoms with E-state index in [0.717, 1.165) is 30.2 Å². The second-order valence-corrected chi connectivity index (χ2v) is 8.23. The molecular formula is C27H31NO4. The molecule has 0 radical (unpaired) electrons. The molecule has 0 aliphatic carbocycles. The number of aliphatic carboxylic acids is 1. The molecule has 1 atom stereocenters. The van der Waals surface area contributed by atoms with Crippen molar-refractivity contribution in [1.29, 1.82) is 0 Å². The van der Waals surface area contributed by atoms with Gasteiger partial charge < -0.3 is 14.6 Å². The van der Waals surface area contributed by atoms with Gasteiger partial charge in [0.2, 0.25) is 0 Å². The van der Waals surface area contributed by atoms with Gasteiger partial charge in [-0.3, -0.25) is 9.69 Å². The highest BCUT2D eigenvalue weighted by Gasteiger charge is 2.30. The molecule has 168 valence electrons. The molecule has 1 saturated heterocycles. The van der Waals surface area contributed by atoms with E-state index < -0.39 is 5.97 Å². The molecule has 4 rings (SSSR count). The zero-order valence-electron chi connectivity index (χ0n) is 18.8. The van der Waals surface area contributed by atoms with Gasteiger partial charge in [-0.2, -0.15) is 0 Å². The molecule has 1 aliphatic rings. The summed E-state index contributed by atoms with van der Waals surface area (Å²) in [5.41, 5.74) is 2.32. The number of nitrogens with zero attached hydrogens (tertiary/aromatic N) is 1. The van der Waals surface area contributed by atoms with E-state index in [1.165, 1.54) is 16.3 Å². The second-order valence-electron chi connectivity index (χ2n) is 8.23. The van der Waals surface area contributed by atoms with E-state index in [2.05, 4.69) is 59.5 Å². The van der Waals surface area contributed by atoms with E-state index in [-0.39, 0.29) is 12.0 Å². The van der Waals surface area contributed by atoms with Gasteiger partial charge in [0.1, 0.15) is 0 Å². The van der Waals surface area contributed by atoms with Crippen LogP contribution < -0.4 is 9.47 Å². The summed E-state index contributed by atoms with van der Waals surface area (Å²) < 4.78 is 11.7. The fraction of sp³-hybridized carbons (Fsp3) is 0.370. The zero-order valence-corrected chi connectivity index (χ0v) is 18.8. The van der Waals surface area contributed by atoms with Crippen molar-refractivity contribution in [3.8, 4) is 11.5 Å². The highest BCUT2D eigenvalue weighted by Crippen LogP contribution is 2.38. The number of hydrogen-bond donors (Lipinski definition) is 1. The molecule has 0 amide bonds. The van der Waals surface area contributed by atoms with Crippen molar-refractivity contribution in [2.24, 2.45) is 5.92 Å². The van der Waals surface area contributed by atoms with Crippen LogP contribution in [-0.4, -0.2) is 42.3 Å². The maximum Gasteiger partial charge on any atom is 0.306 e. The van der Waals surface area contributed by atoms with Crippen molar-refractivity contribution >= 4 is 16.7 Å². The topological polar surface area (TPSA) is 59.0 Å². The summed E-state index contributed by atoms with van der Waals surface area (Å²) in [7, 11) is 0. The molecule has 3 aromatic carbocycles. The van der Waals surface area contributed by atoms with Crippen LogP contribution in [0.3, 0.4) is 0 Å². The van der Waals surface area contributed by atoms with E-state index in [1.54, 1.807) is 0 Å². The van der Waals surface area contributed by atoms with Crippen molar-refractivity contribution in [2.45, 2.75) is 32.7 Å². The average molecular weight is 434 g/mol. The van der Waals surface area contributed by atoms with Gasteiger partial charge >= 0.3 is 5.97 Å². The number of piperidine rings is 1. The van der Waals surface area contributed by atoms with Crippen LogP contribution in [0.1, 0.15) is 43.9 Å². The lowest BCUT2D eigenvalue weighted by Crippen LogP contribution is -2.39. The first-order valence-electron chi connectivity index (χ1n) is 11.5. The molecule has 1 N–H and O–H groups in total. The molecule has 1 aliphatic heterocycles. The minimum Gasteiger partial charge on any atom is -0.490 e. The van der Waals surface area contributed by atoms with Gasteiger partial charge in [0.25, 0.3) is 0 Å².